The maximum absolute atomic E-state index is 9.68. The molecule has 0 amide bonds. The van der Waals surface area contributed by atoms with Gasteiger partial charge >= 0.3 is 5.97 Å². The van der Waals surface area contributed by atoms with Crippen molar-refractivity contribution in [2.24, 2.45) is 4.99 Å². The van der Waals surface area contributed by atoms with E-state index in [1.54, 1.807) is 11.8 Å². The van der Waals surface area contributed by atoms with Gasteiger partial charge < -0.3 is 5.11 Å². The molecule has 0 saturated carbocycles. The number of carboxylic acids is 1. The number of hydrogen-bond donors (Lipinski definition) is 1. The van der Waals surface area contributed by atoms with E-state index in [9.17, 15) is 9.59 Å². The number of aliphatic imine (C=N–C) groups is 1. The molecule has 0 aromatic rings. The average molecular weight is 281 g/mol. The predicted molar refractivity (Wildman–Crippen MR) is 83.3 cm³/mol. The second-order valence-electron chi connectivity index (χ2n) is 2.23. The average Bonchev–Trinajstić information content (AvgIpc) is 2.36. The van der Waals surface area contributed by atoms with Crippen LogP contribution in [0.3, 0.4) is 0 Å². The van der Waals surface area contributed by atoms with Crippen molar-refractivity contribution in [3.05, 3.63) is 0 Å². The van der Waals surface area contributed by atoms with E-state index in [-0.39, 0.29) is 13.0 Å². The topological polar surface area (TPSA) is 66.7 Å². The first-order valence-electron chi connectivity index (χ1n) is 6.26. The molecule has 0 atom stereocenters. The fourth-order valence-electron chi connectivity index (χ4n) is 0.197. The Morgan fingerprint density at radius 3 is 1.61 bits per heavy atom. The van der Waals surface area contributed by atoms with Crippen molar-refractivity contribution >= 4 is 23.8 Å². The quantitative estimate of drug-likeness (QED) is 0.620. The molecular weight excluding hydrogens is 250 g/mol. The summed E-state index contributed by atoms with van der Waals surface area (Å²) < 4.78 is 0. The van der Waals surface area contributed by atoms with Crippen LogP contribution in [-0.2, 0) is 9.59 Å². The molecule has 0 heterocycles. The molecule has 0 unspecified atom stereocenters. The third-order valence-electron chi connectivity index (χ3n) is 0.502. The van der Waals surface area contributed by atoms with Gasteiger partial charge in [-0.1, -0.05) is 48.0 Å². The molecule has 0 saturated heterocycles. The van der Waals surface area contributed by atoms with Gasteiger partial charge in [-0.05, 0) is 12.5 Å². The number of aliphatic carboxylic acids is 1. The molecule has 0 aliphatic heterocycles. The first kappa shape index (κ1) is 30.3. The highest BCUT2D eigenvalue weighted by atomic mass is 32.2. The van der Waals surface area contributed by atoms with E-state index in [0.717, 1.165) is 0 Å². The van der Waals surface area contributed by atoms with Gasteiger partial charge in [0.05, 0.1) is 13.0 Å². The van der Waals surface area contributed by atoms with Crippen molar-refractivity contribution in [3.8, 4) is 0 Å². The van der Waals surface area contributed by atoms with E-state index >= 15 is 0 Å². The molecule has 4 nitrogen and oxygen atoms in total. The van der Waals surface area contributed by atoms with Crippen LogP contribution >= 0.6 is 11.8 Å². The van der Waals surface area contributed by atoms with Gasteiger partial charge in [-0.3, -0.25) is 4.79 Å². The van der Waals surface area contributed by atoms with Gasteiger partial charge in [0.15, 0.2) is 0 Å². The third-order valence-corrected chi connectivity index (χ3v) is 0.502. The summed E-state index contributed by atoms with van der Waals surface area (Å²) in [5.41, 5.74) is 0. The van der Waals surface area contributed by atoms with Crippen molar-refractivity contribution in [2.75, 3.05) is 19.1 Å². The number of hydrogen-bond acceptors (Lipinski definition) is 4. The maximum atomic E-state index is 9.68. The van der Waals surface area contributed by atoms with Crippen LogP contribution in [0.15, 0.2) is 4.99 Å². The SMILES string of the molecule is CC.CC.CCC.CSC.O=C=NCCC(=O)O. The van der Waals surface area contributed by atoms with Crippen molar-refractivity contribution < 1.29 is 14.7 Å². The summed E-state index contributed by atoms with van der Waals surface area (Å²) in [6.07, 6.45) is 6.47. The zero-order valence-electron chi connectivity index (χ0n) is 13.2. The summed E-state index contributed by atoms with van der Waals surface area (Å²) in [7, 11) is 0. The zero-order valence-corrected chi connectivity index (χ0v) is 14.1. The van der Waals surface area contributed by atoms with Crippen molar-refractivity contribution in [1.82, 2.24) is 0 Å². The summed E-state index contributed by atoms with van der Waals surface area (Å²) in [4.78, 5) is 22.0. The molecular formula is C13H31NO3S. The van der Waals surface area contributed by atoms with Gasteiger partial charge in [-0.15, -0.1) is 0 Å². The van der Waals surface area contributed by atoms with Crippen molar-refractivity contribution in [3.63, 3.8) is 0 Å². The lowest BCUT2D eigenvalue weighted by molar-refractivity contribution is -0.136. The molecule has 0 aromatic carbocycles. The van der Waals surface area contributed by atoms with Gasteiger partial charge in [0.2, 0.25) is 6.08 Å². The summed E-state index contributed by atoms with van der Waals surface area (Å²) >= 11 is 1.75. The lowest BCUT2D eigenvalue weighted by Gasteiger charge is -1.80. The fourth-order valence-corrected chi connectivity index (χ4v) is 0.197. The van der Waals surface area contributed by atoms with Crippen LogP contribution in [0.5, 0.6) is 0 Å². The molecule has 112 valence electrons. The second-order valence-corrected chi connectivity index (χ2v) is 3.05. The third kappa shape index (κ3) is 174. The summed E-state index contributed by atoms with van der Waals surface area (Å²) in [5, 5.41) is 7.95. The van der Waals surface area contributed by atoms with Crippen LogP contribution in [0, 0.1) is 0 Å². The lowest BCUT2D eigenvalue weighted by Crippen LogP contribution is -1.95. The van der Waals surface area contributed by atoms with Crippen LogP contribution in [0.1, 0.15) is 54.4 Å². The van der Waals surface area contributed by atoms with E-state index in [2.05, 4.69) is 18.8 Å². The highest BCUT2D eigenvalue weighted by Crippen LogP contribution is 1.76. The summed E-state index contributed by atoms with van der Waals surface area (Å²) in [6, 6.07) is 0. The zero-order chi connectivity index (χ0) is 15.8. The van der Waals surface area contributed by atoms with E-state index in [1.807, 2.05) is 40.2 Å². The van der Waals surface area contributed by atoms with Gasteiger partial charge in [-0.2, -0.15) is 11.8 Å². The second kappa shape index (κ2) is 55.7. The minimum atomic E-state index is -0.955. The monoisotopic (exact) mass is 281 g/mol. The van der Waals surface area contributed by atoms with Gasteiger partial charge in [-0.25, -0.2) is 9.79 Å². The molecule has 5 heteroatoms. The van der Waals surface area contributed by atoms with E-state index in [1.165, 1.54) is 12.5 Å². The highest BCUT2D eigenvalue weighted by molar-refractivity contribution is 7.97. The van der Waals surface area contributed by atoms with Crippen LogP contribution in [0.2, 0.25) is 0 Å². The number of carbonyl (C=O) groups excluding carboxylic acids is 1. The molecule has 0 spiro atoms. The van der Waals surface area contributed by atoms with Gasteiger partial charge in [0, 0.05) is 0 Å². The van der Waals surface area contributed by atoms with Crippen LogP contribution in [0.25, 0.3) is 0 Å². The Morgan fingerprint density at radius 1 is 1.17 bits per heavy atom. The van der Waals surface area contributed by atoms with E-state index in [0.29, 0.717) is 0 Å². The number of rotatable bonds is 3. The number of thioether (sulfide) groups is 1. The summed E-state index contributed by atoms with van der Waals surface area (Å²) in [6.45, 7) is 12.3. The Kier molecular flexibility index (Phi) is 93.8. The fraction of sp³-hybridized carbons (Fsp3) is 0.846. The van der Waals surface area contributed by atoms with Crippen molar-refractivity contribution in [2.45, 2.75) is 54.4 Å². The number of carbonyl (C=O) groups is 1. The van der Waals surface area contributed by atoms with Gasteiger partial charge in [0.1, 0.15) is 0 Å². The first-order chi connectivity index (χ1) is 8.60. The largest absolute Gasteiger partial charge is 0.481 e. The Bertz CT molecular complexity index is 154. The Labute approximate surface area is 117 Å². The van der Waals surface area contributed by atoms with Crippen molar-refractivity contribution in [1.29, 1.82) is 0 Å². The number of carboxylic acid groups (broad SMARTS) is 1. The normalized spacial score (nSPS) is 6.00. The van der Waals surface area contributed by atoms with E-state index < -0.39 is 5.97 Å². The maximum Gasteiger partial charge on any atom is 0.305 e. The summed E-state index contributed by atoms with van der Waals surface area (Å²) in [5.74, 6) is -0.955. The minimum Gasteiger partial charge on any atom is -0.481 e. The molecule has 0 bridgehead atoms. The molecule has 0 aliphatic rings. The Hall–Kier alpha value is -0.800. The highest BCUT2D eigenvalue weighted by Gasteiger charge is 1.91. The molecule has 0 fully saturated rings. The molecule has 0 rings (SSSR count). The lowest BCUT2D eigenvalue weighted by atomic mass is 10.4. The molecule has 1 N–H and O–H groups in total. The van der Waals surface area contributed by atoms with E-state index in [4.69, 9.17) is 5.11 Å². The Balaban J connectivity index is -0.0000000473. The molecule has 0 radical (unpaired) electrons. The van der Waals surface area contributed by atoms with Crippen LogP contribution in [-0.4, -0.2) is 36.2 Å². The molecule has 0 aliphatic carbocycles. The van der Waals surface area contributed by atoms with Gasteiger partial charge in [0.25, 0.3) is 0 Å². The van der Waals surface area contributed by atoms with Crippen LogP contribution in [0.4, 0.5) is 0 Å². The smallest absolute Gasteiger partial charge is 0.305 e. The number of nitrogens with zero attached hydrogens (tertiary/aromatic N) is 1. The molecule has 0 aromatic heterocycles. The predicted octanol–water partition coefficient (Wildman–Crippen LogP) is 4.24. The minimum absolute atomic E-state index is 0.0266. The number of isocyanates is 1. The molecule has 18 heavy (non-hydrogen) atoms. The Morgan fingerprint density at radius 2 is 1.44 bits per heavy atom. The first-order valence-corrected chi connectivity index (χ1v) is 7.89. The standard InChI is InChI=1S/C4H5NO3.C3H8.C2H6S.2C2H6/c6-3-5-2-1-4(7)8;2*1-3-2;2*1-2/h1-2H2,(H,7,8);3H2,1-2H3;1-2H3;2*1-2H3. The van der Waals surface area contributed by atoms with Crippen LogP contribution < -0.4 is 0 Å².